The number of carbonyl (C=O) groups excluding carboxylic acids is 2. The van der Waals surface area contributed by atoms with Gasteiger partial charge in [-0.3, -0.25) is 9.59 Å². The Morgan fingerprint density at radius 3 is 1.85 bits per heavy atom. The monoisotopic (exact) mass is 282 g/mol. The van der Waals surface area contributed by atoms with Crippen LogP contribution >= 0.6 is 0 Å². The third-order valence-corrected chi connectivity index (χ3v) is 2.79. The fourth-order valence-corrected chi connectivity index (χ4v) is 1.36. The summed E-state index contributed by atoms with van der Waals surface area (Å²) in [7, 11) is 0. The van der Waals surface area contributed by atoms with Crippen molar-refractivity contribution in [2.45, 2.75) is 52.7 Å². The number of Topliss-reactive ketones (excluding diaryl/α,β-unsaturated/α-hetero) is 2. The van der Waals surface area contributed by atoms with Crippen molar-refractivity contribution in [3.05, 3.63) is 24.3 Å². The molecule has 0 bridgehead atoms. The Hall–Kier alpha value is -1.26. The molecule has 0 saturated heterocycles. The quantitative estimate of drug-likeness (QED) is 0.610. The van der Waals surface area contributed by atoms with Crippen molar-refractivity contribution in [1.82, 2.24) is 0 Å². The van der Waals surface area contributed by atoms with Gasteiger partial charge in [-0.15, -0.1) is 0 Å². The number of carbonyl (C=O) groups is 2. The first kappa shape index (κ1) is 18.7. The van der Waals surface area contributed by atoms with Gasteiger partial charge in [0.2, 0.25) is 0 Å². The highest BCUT2D eigenvalue weighted by Crippen LogP contribution is 2.19. The molecule has 4 heteroatoms. The second-order valence-electron chi connectivity index (χ2n) is 6.16. The van der Waals surface area contributed by atoms with E-state index < -0.39 is 11.2 Å². The van der Waals surface area contributed by atoms with Crippen LogP contribution in [-0.2, 0) is 19.1 Å². The van der Waals surface area contributed by atoms with E-state index in [1.807, 2.05) is 0 Å². The predicted octanol–water partition coefficient (Wildman–Crippen LogP) is 2.87. The molecule has 0 radical (unpaired) electrons. The van der Waals surface area contributed by atoms with Gasteiger partial charge in [0, 0.05) is 0 Å². The highest BCUT2D eigenvalue weighted by Gasteiger charge is 2.32. The standard InChI is InChI=1S/C16H26O4/c1-11(2)13(17)9-19-15(5,6)10-20-16(7,8)14(18)12(3)4/h1,3,9-10H2,2,4-8H3. The molecule has 0 heterocycles. The maximum atomic E-state index is 11.9. The zero-order chi connectivity index (χ0) is 16.1. The smallest absolute Gasteiger partial charge is 0.189 e. The Kier molecular flexibility index (Phi) is 6.51. The molecule has 0 spiro atoms. The van der Waals surface area contributed by atoms with E-state index in [1.54, 1.807) is 41.5 Å². The van der Waals surface area contributed by atoms with Gasteiger partial charge < -0.3 is 9.47 Å². The van der Waals surface area contributed by atoms with Crippen molar-refractivity contribution in [2.24, 2.45) is 0 Å². The van der Waals surface area contributed by atoms with Crippen LogP contribution in [-0.4, -0.2) is 36.0 Å². The van der Waals surface area contributed by atoms with Crippen molar-refractivity contribution < 1.29 is 19.1 Å². The maximum absolute atomic E-state index is 11.9. The third kappa shape index (κ3) is 6.26. The van der Waals surface area contributed by atoms with Crippen molar-refractivity contribution in [3.8, 4) is 0 Å². The van der Waals surface area contributed by atoms with E-state index in [4.69, 9.17) is 9.47 Å². The number of ketones is 2. The summed E-state index contributed by atoms with van der Waals surface area (Å²) in [5.74, 6) is -0.290. The SMILES string of the molecule is C=C(C)C(=O)COC(C)(C)COC(C)(C)C(=O)C(=C)C. The lowest BCUT2D eigenvalue weighted by atomic mass is 9.98. The fourth-order valence-electron chi connectivity index (χ4n) is 1.36. The van der Waals surface area contributed by atoms with Gasteiger partial charge in [0.25, 0.3) is 0 Å². The molecular formula is C16H26O4. The molecule has 0 aromatic heterocycles. The van der Waals surface area contributed by atoms with Crippen molar-refractivity contribution in [2.75, 3.05) is 13.2 Å². The fraction of sp³-hybridized carbons (Fsp3) is 0.625. The minimum Gasteiger partial charge on any atom is -0.365 e. The van der Waals surface area contributed by atoms with E-state index in [2.05, 4.69) is 13.2 Å². The molecule has 20 heavy (non-hydrogen) atoms. The molecule has 0 saturated carbocycles. The molecule has 0 rings (SSSR count). The molecule has 0 aromatic carbocycles. The topological polar surface area (TPSA) is 52.6 Å². The van der Waals surface area contributed by atoms with Crippen LogP contribution in [0, 0.1) is 0 Å². The predicted molar refractivity (Wildman–Crippen MR) is 79.7 cm³/mol. The normalized spacial score (nSPS) is 12.1. The molecule has 114 valence electrons. The van der Waals surface area contributed by atoms with Gasteiger partial charge in [-0.2, -0.15) is 0 Å². The second-order valence-corrected chi connectivity index (χ2v) is 6.16. The number of hydrogen-bond acceptors (Lipinski definition) is 4. The van der Waals surface area contributed by atoms with E-state index in [0.717, 1.165) is 0 Å². The molecule has 4 nitrogen and oxygen atoms in total. The van der Waals surface area contributed by atoms with Crippen molar-refractivity contribution in [3.63, 3.8) is 0 Å². The average molecular weight is 282 g/mol. The zero-order valence-corrected chi connectivity index (χ0v) is 13.5. The lowest BCUT2D eigenvalue weighted by Gasteiger charge is -2.31. The number of rotatable bonds is 9. The molecule has 0 unspecified atom stereocenters. The van der Waals surface area contributed by atoms with Gasteiger partial charge >= 0.3 is 0 Å². The first-order valence-electron chi connectivity index (χ1n) is 6.56. The van der Waals surface area contributed by atoms with Gasteiger partial charge in [0.1, 0.15) is 12.2 Å². The minimum atomic E-state index is -0.954. The summed E-state index contributed by atoms with van der Waals surface area (Å²) in [5.41, 5.74) is -0.714. The molecule has 0 aliphatic carbocycles. The van der Waals surface area contributed by atoms with Crippen LogP contribution < -0.4 is 0 Å². The summed E-state index contributed by atoms with van der Waals surface area (Å²) in [6, 6.07) is 0. The highest BCUT2D eigenvalue weighted by molar-refractivity contribution is 6.00. The summed E-state index contributed by atoms with van der Waals surface area (Å²) < 4.78 is 11.2. The Bertz CT molecular complexity index is 416. The largest absolute Gasteiger partial charge is 0.365 e. The number of ether oxygens (including phenoxy) is 2. The number of hydrogen-bond donors (Lipinski definition) is 0. The van der Waals surface area contributed by atoms with Gasteiger partial charge in [-0.25, -0.2) is 0 Å². The van der Waals surface area contributed by atoms with Gasteiger partial charge in [-0.05, 0) is 52.7 Å². The first-order chi connectivity index (χ1) is 8.89. The Balaban J connectivity index is 4.48. The molecule has 0 aromatic rings. The lowest BCUT2D eigenvalue weighted by Crippen LogP contribution is -2.42. The van der Waals surface area contributed by atoms with Crippen LogP contribution in [0.1, 0.15) is 41.5 Å². The van der Waals surface area contributed by atoms with Gasteiger partial charge in [0.15, 0.2) is 11.6 Å². The lowest BCUT2D eigenvalue weighted by molar-refractivity contribution is -0.152. The molecule has 0 amide bonds. The van der Waals surface area contributed by atoms with Crippen LogP contribution in [0.3, 0.4) is 0 Å². The van der Waals surface area contributed by atoms with E-state index in [-0.39, 0.29) is 24.8 Å². The third-order valence-electron chi connectivity index (χ3n) is 2.79. The maximum Gasteiger partial charge on any atom is 0.189 e. The van der Waals surface area contributed by atoms with Crippen LogP contribution in [0.5, 0.6) is 0 Å². The molecular weight excluding hydrogens is 256 g/mol. The van der Waals surface area contributed by atoms with Crippen molar-refractivity contribution >= 4 is 11.6 Å². The first-order valence-corrected chi connectivity index (χ1v) is 6.56. The summed E-state index contributed by atoms with van der Waals surface area (Å²) >= 11 is 0. The molecule has 0 aliphatic rings. The molecule has 0 N–H and O–H groups in total. The Labute approximate surface area is 121 Å². The summed E-state index contributed by atoms with van der Waals surface area (Å²) in [6.07, 6.45) is 0. The van der Waals surface area contributed by atoms with Crippen LogP contribution in [0.2, 0.25) is 0 Å². The molecule has 0 atom stereocenters. The van der Waals surface area contributed by atoms with Gasteiger partial charge in [0.05, 0.1) is 12.2 Å². The van der Waals surface area contributed by atoms with Crippen LogP contribution in [0.25, 0.3) is 0 Å². The minimum absolute atomic E-state index is 0.0411. The van der Waals surface area contributed by atoms with Crippen LogP contribution in [0.4, 0.5) is 0 Å². The second kappa shape index (κ2) is 6.95. The van der Waals surface area contributed by atoms with E-state index in [1.165, 1.54) is 0 Å². The highest BCUT2D eigenvalue weighted by atomic mass is 16.6. The van der Waals surface area contributed by atoms with Gasteiger partial charge in [-0.1, -0.05) is 13.2 Å². The summed E-state index contributed by atoms with van der Waals surface area (Å²) in [4.78, 5) is 23.4. The molecule has 0 aliphatic heterocycles. The molecule has 0 fully saturated rings. The van der Waals surface area contributed by atoms with E-state index >= 15 is 0 Å². The summed E-state index contributed by atoms with van der Waals surface area (Å²) in [5, 5.41) is 0. The van der Waals surface area contributed by atoms with E-state index in [9.17, 15) is 9.59 Å². The average Bonchev–Trinajstić information content (AvgIpc) is 2.32. The van der Waals surface area contributed by atoms with Crippen molar-refractivity contribution in [1.29, 1.82) is 0 Å². The zero-order valence-electron chi connectivity index (χ0n) is 13.5. The Morgan fingerprint density at radius 1 is 0.950 bits per heavy atom. The van der Waals surface area contributed by atoms with E-state index in [0.29, 0.717) is 11.1 Å². The van der Waals surface area contributed by atoms with Crippen LogP contribution in [0.15, 0.2) is 24.3 Å². The Morgan fingerprint density at radius 2 is 1.45 bits per heavy atom. The summed E-state index contributed by atoms with van der Waals surface area (Å²) in [6.45, 7) is 17.6.